The third-order valence-corrected chi connectivity index (χ3v) is 2.99. The highest BCUT2D eigenvalue weighted by Gasteiger charge is 2.22. The molecule has 1 fully saturated rings. The molecule has 1 unspecified atom stereocenters. The van der Waals surface area contributed by atoms with Gasteiger partial charge in [-0.15, -0.1) is 0 Å². The smallest absolute Gasteiger partial charge is 0.217 e. The zero-order chi connectivity index (χ0) is 12.3. The predicted molar refractivity (Wildman–Crippen MR) is 65.3 cm³/mol. The lowest BCUT2D eigenvalue weighted by molar-refractivity contribution is -0.119. The van der Waals surface area contributed by atoms with E-state index in [0.717, 1.165) is 32.6 Å². The topological polar surface area (TPSA) is 76.2 Å². The van der Waals surface area contributed by atoms with E-state index in [1.54, 1.807) is 13.0 Å². The summed E-state index contributed by atoms with van der Waals surface area (Å²) in [6, 6.07) is 2.10. The monoisotopic (exact) mass is 237 g/mol. The predicted octanol–water partition coefficient (Wildman–Crippen LogP) is -0.324. The molecule has 0 aliphatic carbocycles. The lowest BCUT2D eigenvalue weighted by Gasteiger charge is -2.16. The molecule has 0 spiro atoms. The summed E-state index contributed by atoms with van der Waals surface area (Å²) in [4.78, 5) is 13.3. The number of amides is 1. The molecule has 0 bridgehead atoms. The van der Waals surface area contributed by atoms with Crippen LogP contribution in [0.2, 0.25) is 0 Å². The molecule has 1 aliphatic heterocycles. The number of anilines is 1. The molecule has 0 aromatic carbocycles. The summed E-state index contributed by atoms with van der Waals surface area (Å²) in [6.07, 6.45) is 2.91. The van der Waals surface area contributed by atoms with E-state index in [1.807, 2.05) is 10.9 Å². The molecule has 2 rings (SSSR count). The Morgan fingerprint density at radius 2 is 2.47 bits per heavy atom. The summed E-state index contributed by atoms with van der Waals surface area (Å²) in [7, 11) is 0. The van der Waals surface area contributed by atoms with Gasteiger partial charge in [-0.1, -0.05) is 0 Å². The minimum absolute atomic E-state index is 0.0525. The Balaban J connectivity index is 1.73. The van der Waals surface area contributed by atoms with E-state index in [1.165, 1.54) is 0 Å². The van der Waals surface area contributed by atoms with Gasteiger partial charge in [0.25, 0.3) is 0 Å². The molecule has 2 heterocycles. The fraction of sp³-hybridized carbons (Fsp3) is 0.636. The Hall–Kier alpha value is -1.56. The van der Waals surface area contributed by atoms with Crippen molar-refractivity contribution in [2.45, 2.75) is 25.9 Å². The van der Waals surface area contributed by atoms with Crippen LogP contribution in [0.1, 0.15) is 13.3 Å². The second-order valence-electron chi connectivity index (χ2n) is 4.49. The third kappa shape index (κ3) is 3.45. The van der Waals surface area contributed by atoms with E-state index in [-0.39, 0.29) is 5.91 Å². The fourth-order valence-electron chi connectivity index (χ4n) is 2.19. The lowest BCUT2D eigenvalue weighted by Crippen LogP contribution is -2.36. The minimum atomic E-state index is 0.0525. The standard InChI is InChI=1S/C11H19N5O/c1-9(17)13-10-2-4-15(8-10)6-7-16-5-3-11(12)14-16/h3,5,10H,2,4,6-8H2,1H3,(H2,12,14)(H,13,17). The summed E-state index contributed by atoms with van der Waals surface area (Å²) >= 11 is 0. The molecule has 1 aromatic rings. The highest BCUT2D eigenvalue weighted by Crippen LogP contribution is 2.09. The normalized spacial score (nSPS) is 20.6. The van der Waals surface area contributed by atoms with Crippen molar-refractivity contribution in [2.24, 2.45) is 0 Å². The Kier molecular flexibility index (Phi) is 3.63. The molecule has 1 atom stereocenters. The Bertz CT molecular complexity index is 389. The van der Waals surface area contributed by atoms with Crippen LogP contribution in [0, 0.1) is 0 Å². The molecule has 1 aliphatic rings. The molecule has 1 amide bonds. The number of likely N-dealkylation sites (tertiary alicyclic amines) is 1. The summed E-state index contributed by atoms with van der Waals surface area (Å²) in [5.41, 5.74) is 5.55. The van der Waals surface area contributed by atoms with E-state index in [0.29, 0.717) is 11.9 Å². The quantitative estimate of drug-likeness (QED) is 0.752. The number of carbonyl (C=O) groups is 1. The van der Waals surface area contributed by atoms with Gasteiger partial charge < -0.3 is 11.1 Å². The molecular weight excluding hydrogens is 218 g/mol. The van der Waals surface area contributed by atoms with Crippen LogP contribution in [0.3, 0.4) is 0 Å². The van der Waals surface area contributed by atoms with Crippen LogP contribution < -0.4 is 11.1 Å². The fourth-order valence-corrected chi connectivity index (χ4v) is 2.19. The van der Waals surface area contributed by atoms with Crippen LogP contribution in [0.5, 0.6) is 0 Å². The van der Waals surface area contributed by atoms with Gasteiger partial charge in [0.05, 0.1) is 6.54 Å². The van der Waals surface area contributed by atoms with Crippen LogP contribution in [0.4, 0.5) is 5.82 Å². The molecular formula is C11H19N5O. The summed E-state index contributed by atoms with van der Waals surface area (Å²) < 4.78 is 1.85. The van der Waals surface area contributed by atoms with Crippen LogP contribution in [0.15, 0.2) is 12.3 Å². The number of nitrogens with one attached hydrogen (secondary N) is 1. The van der Waals surface area contributed by atoms with Gasteiger partial charge in [-0.3, -0.25) is 14.4 Å². The molecule has 3 N–H and O–H groups in total. The number of aromatic nitrogens is 2. The van der Waals surface area contributed by atoms with Crippen molar-refractivity contribution in [2.75, 3.05) is 25.4 Å². The Labute approximate surface area is 101 Å². The van der Waals surface area contributed by atoms with Gasteiger partial charge in [0.1, 0.15) is 5.82 Å². The van der Waals surface area contributed by atoms with Gasteiger partial charge in [-0.25, -0.2) is 0 Å². The summed E-state index contributed by atoms with van der Waals surface area (Å²) in [5.74, 6) is 0.610. The van der Waals surface area contributed by atoms with Crippen molar-refractivity contribution in [1.29, 1.82) is 0 Å². The van der Waals surface area contributed by atoms with Crippen LogP contribution >= 0.6 is 0 Å². The number of hydrogen-bond acceptors (Lipinski definition) is 4. The number of rotatable bonds is 4. The van der Waals surface area contributed by atoms with Gasteiger partial charge in [-0.2, -0.15) is 5.10 Å². The van der Waals surface area contributed by atoms with Crippen LogP contribution in [0.25, 0.3) is 0 Å². The number of nitrogens with zero attached hydrogens (tertiary/aromatic N) is 3. The first kappa shape index (κ1) is 11.9. The molecule has 0 radical (unpaired) electrons. The zero-order valence-electron chi connectivity index (χ0n) is 10.1. The number of nitrogen functional groups attached to an aromatic ring is 1. The highest BCUT2D eigenvalue weighted by molar-refractivity contribution is 5.73. The molecule has 94 valence electrons. The van der Waals surface area contributed by atoms with Gasteiger partial charge in [0.2, 0.25) is 5.91 Å². The first-order valence-corrected chi connectivity index (χ1v) is 5.92. The summed E-state index contributed by atoms with van der Waals surface area (Å²) in [6.45, 7) is 5.30. The van der Waals surface area contributed by atoms with Crippen molar-refractivity contribution in [3.63, 3.8) is 0 Å². The first-order chi connectivity index (χ1) is 8.13. The van der Waals surface area contributed by atoms with Crippen molar-refractivity contribution in [3.05, 3.63) is 12.3 Å². The molecule has 6 nitrogen and oxygen atoms in total. The SMILES string of the molecule is CC(=O)NC1CCN(CCn2ccc(N)n2)C1. The van der Waals surface area contributed by atoms with Gasteiger partial charge >= 0.3 is 0 Å². The number of nitrogens with two attached hydrogens (primary N) is 1. The lowest BCUT2D eigenvalue weighted by atomic mass is 10.3. The second-order valence-corrected chi connectivity index (χ2v) is 4.49. The molecule has 1 aromatic heterocycles. The average molecular weight is 237 g/mol. The van der Waals surface area contributed by atoms with Crippen LogP contribution in [-0.4, -0.2) is 46.3 Å². The van der Waals surface area contributed by atoms with Gasteiger partial charge in [-0.05, 0) is 12.5 Å². The van der Waals surface area contributed by atoms with Gasteiger partial charge in [0, 0.05) is 38.8 Å². The molecule has 6 heteroatoms. The molecule has 17 heavy (non-hydrogen) atoms. The van der Waals surface area contributed by atoms with E-state index in [4.69, 9.17) is 5.73 Å². The number of hydrogen-bond donors (Lipinski definition) is 2. The largest absolute Gasteiger partial charge is 0.382 e. The molecule has 0 saturated carbocycles. The van der Waals surface area contributed by atoms with Crippen molar-refractivity contribution >= 4 is 11.7 Å². The van der Waals surface area contributed by atoms with Crippen LogP contribution in [-0.2, 0) is 11.3 Å². The van der Waals surface area contributed by atoms with Crippen molar-refractivity contribution in [1.82, 2.24) is 20.0 Å². The Morgan fingerprint density at radius 1 is 1.65 bits per heavy atom. The molecule has 1 saturated heterocycles. The Morgan fingerprint density at radius 3 is 3.12 bits per heavy atom. The van der Waals surface area contributed by atoms with E-state index >= 15 is 0 Å². The van der Waals surface area contributed by atoms with E-state index < -0.39 is 0 Å². The van der Waals surface area contributed by atoms with Crippen molar-refractivity contribution in [3.8, 4) is 0 Å². The maximum atomic E-state index is 10.9. The van der Waals surface area contributed by atoms with Crippen molar-refractivity contribution < 1.29 is 4.79 Å². The van der Waals surface area contributed by atoms with Gasteiger partial charge in [0.15, 0.2) is 0 Å². The third-order valence-electron chi connectivity index (χ3n) is 2.99. The maximum Gasteiger partial charge on any atom is 0.217 e. The van der Waals surface area contributed by atoms with E-state index in [9.17, 15) is 4.79 Å². The highest BCUT2D eigenvalue weighted by atomic mass is 16.1. The first-order valence-electron chi connectivity index (χ1n) is 5.92. The number of carbonyl (C=O) groups excluding carboxylic acids is 1. The maximum absolute atomic E-state index is 10.9. The second kappa shape index (κ2) is 5.18. The summed E-state index contributed by atoms with van der Waals surface area (Å²) in [5, 5.41) is 7.09. The van der Waals surface area contributed by atoms with E-state index in [2.05, 4.69) is 15.3 Å². The zero-order valence-corrected chi connectivity index (χ0v) is 10.1. The average Bonchev–Trinajstić information content (AvgIpc) is 2.84. The minimum Gasteiger partial charge on any atom is -0.382 e.